The van der Waals surface area contributed by atoms with Gasteiger partial charge in [0.15, 0.2) is 5.13 Å². The van der Waals surface area contributed by atoms with E-state index in [1.165, 1.54) is 3.57 Å². The number of hydrogen-bond acceptors (Lipinski definition) is 5. The van der Waals surface area contributed by atoms with Crippen molar-refractivity contribution in [2.75, 3.05) is 5.32 Å². The van der Waals surface area contributed by atoms with Crippen LogP contribution in [0, 0.1) is 3.57 Å². The molecule has 0 amide bonds. The van der Waals surface area contributed by atoms with Crippen molar-refractivity contribution in [1.29, 1.82) is 0 Å². The molecule has 128 valence electrons. The zero-order valence-corrected chi connectivity index (χ0v) is 18.0. The number of imidazole rings is 1. The molecular weight excluding hydrogens is 513 g/mol. The minimum atomic E-state index is 0. The van der Waals surface area contributed by atoms with Crippen LogP contribution in [0.1, 0.15) is 12.6 Å². The molecule has 0 aliphatic rings. The summed E-state index contributed by atoms with van der Waals surface area (Å²) in [5.41, 5.74) is 3.99. The number of hydrogen-bond donors (Lipinski definition) is 1. The smallest absolute Gasteiger partial charge is 0.234 e. The molecule has 0 saturated carbocycles. The predicted molar refractivity (Wildman–Crippen MR) is 116 cm³/mol. The van der Waals surface area contributed by atoms with Crippen molar-refractivity contribution in [2.24, 2.45) is 0 Å². The van der Waals surface area contributed by atoms with Gasteiger partial charge in [0.2, 0.25) is 5.78 Å². The van der Waals surface area contributed by atoms with Crippen LogP contribution in [0.5, 0.6) is 0 Å². The van der Waals surface area contributed by atoms with E-state index in [2.05, 4.69) is 74.4 Å². The summed E-state index contributed by atoms with van der Waals surface area (Å²) >= 11 is 3.89. The molecule has 4 aromatic rings. The first-order chi connectivity index (χ1) is 11.7. The molecule has 0 fully saturated rings. The molecule has 0 spiro atoms. The number of rotatable bonds is 4. The van der Waals surface area contributed by atoms with Crippen molar-refractivity contribution in [3.05, 3.63) is 57.4 Å². The van der Waals surface area contributed by atoms with Crippen molar-refractivity contribution in [1.82, 2.24) is 19.4 Å². The topological polar surface area (TPSA) is 55.1 Å². The van der Waals surface area contributed by atoms with E-state index in [1.807, 2.05) is 16.7 Å². The average Bonchev–Trinajstić information content (AvgIpc) is 3.20. The highest BCUT2D eigenvalue weighted by atomic mass is 127. The van der Waals surface area contributed by atoms with E-state index < -0.39 is 0 Å². The van der Waals surface area contributed by atoms with E-state index in [4.69, 9.17) is 4.98 Å². The molecule has 0 radical (unpaired) electrons. The molecule has 3 heterocycles. The number of fused-ring (bicyclic) bond motifs is 1. The highest BCUT2D eigenvalue weighted by molar-refractivity contribution is 14.1. The van der Waals surface area contributed by atoms with Gasteiger partial charge >= 0.3 is 0 Å². The fourth-order valence-corrected chi connectivity index (χ4v) is 3.62. The Hall–Kier alpha value is -1.52. The van der Waals surface area contributed by atoms with Crippen LogP contribution in [-0.2, 0) is 6.42 Å². The zero-order chi connectivity index (χ0) is 16.5. The largest absolute Gasteiger partial charge is 0.332 e. The van der Waals surface area contributed by atoms with Gasteiger partial charge in [0.25, 0.3) is 0 Å². The third-order valence-corrected chi connectivity index (χ3v) is 5.13. The van der Waals surface area contributed by atoms with Gasteiger partial charge in [0.05, 0.1) is 11.4 Å². The highest BCUT2D eigenvalue weighted by Crippen LogP contribution is 2.30. The Morgan fingerprint density at radius 1 is 1.20 bits per heavy atom. The summed E-state index contributed by atoms with van der Waals surface area (Å²) in [7, 11) is 0. The van der Waals surface area contributed by atoms with E-state index in [1.54, 1.807) is 17.5 Å². The van der Waals surface area contributed by atoms with Crippen molar-refractivity contribution < 1.29 is 0 Å². The fourth-order valence-electron chi connectivity index (χ4n) is 2.55. The van der Waals surface area contributed by atoms with Gasteiger partial charge < -0.3 is 5.32 Å². The maximum Gasteiger partial charge on any atom is 0.234 e. The van der Waals surface area contributed by atoms with E-state index >= 15 is 0 Å². The minimum absolute atomic E-state index is 0. The van der Waals surface area contributed by atoms with E-state index in [0.717, 1.165) is 34.3 Å². The lowest BCUT2D eigenvalue weighted by molar-refractivity contribution is 1.07. The van der Waals surface area contributed by atoms with Gasteiger partial charge in [-0.1, -0.05) is 6.92 Å². The van der Waals surface area contributed by atoms with Crippen molar-refractivity contribution >= 4 is 67.5 Å². The number of aromatic nitrogens is 4. The van der Waals surface area contributed by atoms with Crippen LogP contribution in [0.4, 0.5) is 10.8 Å². The Bertz CT molecular complexity index is 996. The Labute approximate surface area is 173 Å². The molecule has 0 bridgehead atoms. The molecule has 8 heteroatoms. The van der Waals surface area contributed by atoms with Crippen LogP contribution >= 0.6 is 50.9 Å². The molecule has 0 aliphatic heterocycles. The number of thiazole rings is 1. The first kappa shape index (κ1) is 18.3. The zero-order valence-electron chi connectivity index (χ0n) is 13.3. The van der Waals surface area contributed by atoms with Crippen molar-refractivity contribution in [2.45, 2.75) is 13.3 Å². The van der Waals surface area contributed by atoms with Crippen molar-refractivity contribution in [3.63, 3.8) is 0 Å². The fraction of sp³-hybridized carbons (Fsp3) is 0.118. The lowest BCUT2D eigenvalue weighted by Gasteiger charge is -2.02. The summed E-state index contributed by atoms with van der Waals surface area (Å²) in [6, 6.07) is 10.2. The number of nitrogens with one attached hydrogen (secondary N) is 1. The summed E-state index contributed by atoms with van der Waals surface area (Å²) in [6.45, 7) is 2.10. The van der Waals surface area contributed by atoms with Crippen molar-refractivity contribution in [3.8, 4) is 11.4 Å². The number of anilines is 2. The van der Waals surface area contributed by atoms with Gasteiger partial charge in [-0.3, -0.25) is 4.40 Å². The van der Waals surface area contributed by atoms with Crippen LogP contribution in [-0.4, -0.2) is 19.4 Å². The summed E-state index contributed by atoms with van der Waals surface area (Å²) in [4.78, 5) is 13.7. The molecule has 0 unspecified atom stereocenters. The van der Waals surface area contributed by atoms with Gasteiger partial charge in [0, 0.05) is 27.0 Å². The average molecular weight is 528 g/mol. The second-order valence-corrected chi connectivity index (χ2v) is 7.32. The molecule has 3 aromatic heterocycles. The second kappa shape index (κ2) is 7.79. The summed E-state index contributed by atoms with van der Waals surface area (Å²) in [5.74, 6) is 0.712. The third-order valence-electron chi connectivity index (χ3n) is 3.65. The molecular formula is C17H15BrIN5S. The maximum atomic E-state index is 4.75. The Morgan fingerprint density at radius 3 is 2.76 bits per heavy atom. The highest BCUT2D eigenvalue weighted by Gasteiger charge is 2.16. The van der Waals surface area contributed by atoms with Crippen LogP contribution in [0.3, 0.4) is 0 Å². The first-order valence-corrected chi connectivity index (χ1v) is 9.51. The van der Waals surface area contributed by atoms with Gasteiger partial charge in [-0.25, -0.2) is 15.0 Å². The molecule has 1 aromatic carbocycles. The molecule has 0 saturated heterocycles. The monoisotopic (exact) mass is 527 g/mol. The van der Waals surface area contributed by atoms with Gasteiger partial charge in [-0.05, 0) is 59.3 Å². The standard InChI is InChI=1S/C17H14IN5S.BrH/c1-2-13-15(23-9-3-8-19-16(23)21-13)14-10-24-17(22-14)20-12-6-4-11(18)5-7-12;/h3-10H,2H2,1H3,(H,20,22);1H. The van der Waals surface area contributed by atoms with Crippen LogP contribution < -0.4 is 5.32 Å². The first-order valence-electron chi connectivity index (χ1n) is 7.55. The summed E-state index contributed by atoms with van der Waals surface area (Å²) in [5, 5.41) is 6.29. The van der Waals surface area contributed by atoms with Gasteiger partial charge in [-0.2, -0.15) is 0 Å². The Morgan fingerprint density at radius 2 is 2.00 bits per heavy atom. The molecule has 25 heavy (non-hydrogen) atoms. The van der Waals surface area contributed by atoms with Crippen LogP contribution in [0.25, 0.3) is 17.2 Å². The van der Waals surface area contributed by atoms with E-state index in [0.29, 0.717) is 5.78 Å². The molecule has 0 aliphatic carbocycles. The number of benzene rings is 1. The number of nitrogens with zero attached hydrogens (tertiary/aromatic N) is 4. The summed E-state index contributed by atoms with van der Waals surface area (Å²) < 4.78 is 3.21. The Kier molecular flexibility index (Phi) is 5.70. The lowest BCUT2D eigenvalue weighted by atomic mass is 10.2. The molecule has 1 N–H and O–H groups in total. The number of aryl methyl sites for hydroxylation is 1. The quantitative estimate of drug-likeness (QED) is 0.364. The normalized spacial score (nSPS) is 10.6. The number of halogens is 2. The van der Waals surface area contributed by atoms with E-state index in [9.17, 15) is 0 Å². The molecule has 5 nitrogen and oxygen atoms in total. The predicted octanol–water partition coefficient (Wildman–Crippen LogP) is 5.34. The lowest BCUT2D eigenvalue weighted by Crippen LogP contribution is -1.93. The Balaban J connectivity index is 0.00000182. The maximum absolute atomic E-state index is 4.75. The van der Waals surface area contributed by atoms with Gasteiger partial charge in [0.1, 0.15) is 5.69 Å². The SMILES string of the molecule is Br.CCc1nc2ncccn2c1-c1csc(Nc2ccc(I)cc2)n1. The van der Waals surface area contributed by atoms with Gasteiger partial charge in [-0.15, -0.1) is 28.3 Å². The molecule has 4 rings (SSSR count). The van der Waals surface area contributed by atoms with Crippen LogP contribution in [0.2, 0.25) is 0 Å². The molecule has 0 atom stereocenters. The van der Waals surface area contributed by atoms with Crippen LogP contribution in [0.15, 0.2) is 48.1 Å². The minimum Gasteiger partial charge on any atom is -0.332 e. The van der Waals surface area contributed by atoms with E-state index in [-0.39, 0.29) is 17.0 Å². The third kappa shape index (κ3) is 3.70. The second-order valence-electron chi connectivity index (χ2n) is 5.22. The summed E-state index contributed by atoms with van der Waals surface area (Å²) in [6.07, 6.45) is 4.59.